The van der Waals surface area contributed by atoms with Crippen LogP contribution in [0, 0.1) is 0 Å². The fraction of sp³-hybridized carbons (Fsp3) is 0.938. The van der Waals surface area contributed by atoms with Crippen LogP contribution in [-0.2, 0) is 14.9 Å². The normalized spacial score (nSPS) is 16.3. The summed E-state index contributed by atoms with van der Waals surface area (Å²) >= 11 is -0.263. The molecule has 1 atom stereocenters. The molecule has 0 saturated carbocycles. The average Bonchev–Trinajstić information content (AvgIpc) is 2.66. The van der Waals surface area contributed by atoms with Gasteiger partial charge in [0.2, 0.25) is 5.91 Å². The number of alkyl halides is 16. The molecule has 1 unspecified atom stereocenters. The van der Waals surface area contributed by atoms with Gasteiger partial charge in [0.05, 0.1) is 11.3 Å². The van der Waals surface area contributed by atoms with Gasteiger partial charge < -0.3 is 5.32 Å². The Morgan fingerprint density at radius 2 is 1.15 bits per heavy atom. The summed E-state index contributed by atoms with van der Waals surface area (Å²) in [7, 11) is -4.62. The molecule has 23 heteroatoms. The molecular formula is C16H17F16NO4S2. The van der Waals surface area contributed by atoms with Crippen molar-refractivity contribution in [2.24, 2.45) is 0 Å². The Kier molecular flexibility index (Phi) is 10.7. The first kappa shape index (κ1) is 37.6. The molecule has 234 valence electrons. The number of rotatable bonds is 14. The van der Waals surface area contributed by atoms with Crippen molar-refractivity contribution >= 4 is 27.8 Å². The van der Waals surface area contributed by atoms with Crippen LogP contribution in [0.4, 0.5) is 70.2 Å². The minimum Gasteiger partial charge on any atom is -0.350 e. The molecule has 0 aliphatic heterocycles. The van der Waals surface area contributed by atoms with Crippen LogP contribution in [0.15, 0.2) is 0 Å². The van der Waals surface area contributed by atoms with Crippen LogP contribution in [-0.4, -0.2) is 89.6 Å². The summed E-state index contributed by atoms with van der Waals surface area (Å²) in [6, 6.07) is 0. The van der Waals surface area contributed by atoms with E-state index >= 15 is 0 Å². The number of carbonyl (C=O) groups is 1. The SMILES string of the molecule is CC(C)(CS(=O)(=O)O)NC(=O)CCSCC(F)C(F)(F)C(F)(F)C(F)(F)C(F)(F)C(F)(F)C(F)(F)C(F)(F)F. The third-order valence-electron chi connectivity index (χ3n) is 4.50. The third-order valence-corrected chi connectivity index (χ3v) is 6.61. The van der Waals surface area contributed by atoms with Crippen molar-refractivity contribution < 1.29 is 88.0 Å². The van der Waals surface area contributed by atoms with E-state index in [1.54, 1.807) is 0 Å². The van der Waals surface area contributed by atoms with Crippen molar-refractivity contribution in [2.45, 2.75) is 73.7 Å². The van der Waals surface area contributed by atoms with Crippen LogP contribution in [0.2, 0.25) is 0 Å². The smallest absolute Gasteiger partial charge is 0.350 e. The van der Waals surface area contributed by atoms with E-state index in [4.69, 9.17) is 4.55 Å². The van der Waals surface area contributed by atoms with E-state index in [1.165, 1.54) is 0 Å². The lowest BCUT2D eigenvalue weighted by atomic mass is 9.90. The maximum absolute atomic E-state index is 13.8. The second kappa shape index (κ2) is 11.1. The van der Waals surface area contributed by atoms with E-state index in [9.17, 15) is 83.5 Å². The number of carbonyl (C=O) groups excluding carboxylic acids is 1. The molecule has 0 aliphatic carbocycles. The highest BCUT2D eigenvalue weighted by atomic mass is 32.2. The summed E-state index contributed by atoms with van der Waals surface area (Å²) in [5.41, 5.74) is -1.64. The zero-order valence-corrected chi connectivity index (χ0v) is 20.6. The van der Waals surface area contributed by atoms with Crippen molar-refractivity contribution in [3.8, 4) is 0 Å². The number of thioether (sulfide) groups is 1. The summed E-state index contributed by atoms with van der Waals surface area (Å²) in [5.74, 6) is -53.6. The topological polar surface area (TPSA) is 83.5 Å². The first-order valence-electron chi connectivity index (χ1n) is 9.54. The van der Waals surface area contributed by atoms with Crippen molar-refractivity contribution in [3.63, 3.8) is 0 Å². The van der Waals surface area contributed by atoms with E-state index < -0.39 is 93.1 Å². The zero-order chi connectivity index (χ0) is 31.9. The highest BCUT2D eigenvalue weighted by molar-refractivity contribution is 7.99. The Balaban J connectivity index is 5.66. The summed E-state index contributed by atoms with van der Waals surface area (Å²) < 4.78 is 241. The van der Waals surface area contributed by atoms with Crippen LogP contribution >= 0.6 is 11.8 Å². The number of hydrogen-bond acceptors (Lipinski definition) is 4. The minimum absolute atomic E-state index is 0.263. The lowest BCUT2D eigenvalue weighted by Crippen LogP contribution is -2.73. The fourth-order valence-electron chi connectivity index (χ4n) is 2.56. The molecule has 0 aliphatic rings. The average molecular weight is 655 g/mol. The molecule has 39 heavy (non-hydrogen) atoms. The van der Waals surface area contributed by atoms with E-state index in [2.05, 4.69) is 0 Å². The van der Waals surface area contributed by atoms with E-state index in [0.29, 0.717) is 0 Å². The van der Waals surface area contributed by atoms with Crippen molar-refractivity contribution in [1.29, 1.82) is 0 Å². The van der Waals surface area contributed by atoms with Crippen LogP contribution in [0.5, 0.6) is 0 Å². The zero-order valence-electron chi connectivity index (χ0n) is 18.9. The second-order valence-electron chi connectivity index (χ2n) is 8.44. The van der Waals surface area contributed by atoms with Gasteiger partial charge in [0.1, 0.15) is 0 Å². The molecule has 0 rings (SSSR count). The molecule has 0 heterocycles. The number of hydrogen-bond donors (Lipinski definition) is 2. The Hall–Kier alpha value is -1.39. The van der Waals surface area contributed by atoms with Crippen LogP contribution in [0.1, 0.15) is 20.3 Å². The monoisotopic (exact) mass is 655 g/mol. The first-order chi connectivity index (χ1) is 16.7. The third kappa shape index (κ3) is 7.47. The summed E-state index contributed by atoms with van der Waals surface area (Å²) in [6.45, 7) is 2.13. The molecule has 0 saturated heterocycles. The fourth-order valence-corrected chi connectivity index (χ4v) is 4.46. The predicted octanol–water partition coefficient (Wildman–Crippen LogP) is 5.60. The highest BCUT2D eigenvalue weighted by Crippen LogP contribution is 2.62. The summed E-state index contributed by atoms with van der Waals surface area (Å²) in [4.78, 5) is 11.7. The molecular weight excluding hydrogens is 638 g/mol. The van der Waals surface area contributed by atoms with Crippen LogP contribution in [0.25, 0.3) is 0 Å². The molecule has 0 fully saturated rings. The van der Waals surface area contributed by atoms with Gasteiger partial charge in [-0.05, 0) is 13.8 Å². The molecule has 0 spiro atoms. The van der Waals surface area contributed by atoms with E-state index in [-0.39, 0.29) is 11.8 Å². The largest absolute Gasteiger partial charge is 0.460 e. The van der Waals surface area contributed by atoms with Gasteiger partial charge in [0.15, 0.2) is 6.17 Å². The van der Waals surface area contributed by atoms with E-state index in [1.807, 2.05) is 5.32 Å². The Morgan fingerprint density at radius 1 is 0.769 bits per heavy atom. The molecule has 5 nitrogen and oxygen atoms in total. The van der Waals surface area contributed by atoms with Gasteiger partial charge in [-0.1, -0.05) is 0 Å². The van der Waals surface area contributed by atoms with Crippen LogP contribution in [0.3, 0.4) is 0 Å². The number of amides is 1. The highest BCUT2D eigenvalue weighted by Gasteiger charge is 2.93. The maximum Gasteiger partial charge on any atom is 0.460 e. The Morgan fingerprint density at radius 3 is 1.54 bits per heavy atom. The molecule has 0 aromatic rings. The molecule has 0 bridgehead atoms. The first-order valence-corrected chi connectivity index (χ1v) is 12.3. The molecule has 0 aromatic carbocycles. The standard InChI is InChI=1S/C16H17F16NO4S2/c1-9(2,6-39(35,36)37)33-8(34)3-4-38-5-7(17)10(18,19)11(20,21)12(22,23)13(24,25)14(26,27)15(28,29)16(30,31)32/h7H,3-6H2,1-2H3,(H,33,34)(H,35,36,37). The second-order valence-corrected chi connectivity index (χ2v) is 11.0. The van der Waals surface area contributed by atoms with Gasteiger partial charge in [-0.25, -0.2) is 4.39 Å². The summed E-state index contributed by atoms with van der Waals surface area (Å²) in [6.07, 6.45) is -13.2. The van der Waals surface area contributed by atoms with E-state index in [0.717, 1.165) is 13.8 Å². The van der Waals surface area contributed by atoms with Gasteiger partial charge >= 0.3 is 41.7 Å². The Bertz CT molecular complexity index is 981. The van der Waals surface area contributed by atoms with Gasteiger partial charge in [-0.3, -0.25) is 9.35 Å². The maximum atomic E-state index is 13.8. The Labute approximate surface area is 212 Å². The van der Waals surface area contributed by atoms with Gasteiger partial charge in [0, 0.05) is 17.9 Å². The number of halogens is 16. The molecule has 0 radical (unpaired) electrons. The lowest BCUT2D eigenvalue weighted by Gasteiger charge is -2.42. The molecule has 1 amide bonds. The van der Waals surface area contributed by atoms with Gasteiger partial charge in [-0.2, -0.15) is 86.0 Å². The van der Waals surface area contributed by atoms with Crippen molar-refractivity contribution in [2.75, 3.05) is 17.3 Å². The quantitative estimate of drug-likeness (QED) is 0.145. The van der Waals surface area contributed by atoms with Crippen molar-refractivity contribution in [3.05, 3.63) is 0 Å². The van der Waals surface area contributed by atoms with Gasteiger partial charge in [-0.15, -0.1) is 0 Å². The lowest BCUT2D eigenvalue weighted by molar-refractivity contribution is -0.454. The van der Waals surface area contributed by atoms with Gasteiger partial charge in [0.25, 0.3) is 10.1 Å². The minimum atomic E-state index is -8.52. The summed E-state index contributed by atoms with van der Waals surface area (Å²) in [5, 5.41) is 1.98. The van der Waals surface area contributed by atoms with Crippen molar-refractivity contribution in [1.82, 2.24) is 5.32 Å². The molecule has 0 aromatic heterocycles. The number of nitrogens with one attached hydrogen (secondary N) is 1. The predicted molar refractivity (Wildman–Crippen MR) is 101 cm³/mol. The molecule has 2 N–H and O–H groups in total. The van der Waals surface area contributed by atoms with Crippen LogP contribution < -0.4 is 5.32 Å².